The van der Waals surface area contributed by atoms with Crippen LogP contribution in [-0.4, -0.2) is 26.3 Å². The highest BCUT2D eigenvalue weighted by molar-refractivity contribution is 4.89. The van der Waals surface area contributed by atoms with E-state index in [1.54, 1.807) is 7.11 Å². The van der Waals surface area contributed by atoms with Gasteiger partial charge in [-0.25, -0.2) is 0 Å². The fourth-order valence-corrected chi connectivity index (χ4v) is 3.13. The average Bonchev–Trinajstić information content (AvgIpc) is 2.65. The Morgan fingerprint density at radius 2 is 2.12 bits per heavy atom. The second-order valence-corrected chi connectivity index (χ2v) is 5.42. The number of rotatable bonds is 7. The molecule has 96 valence electrons. The van der Waals surface area contributed by atoms with Crippen LogP contribution < -0.4 is 5.32 Å². The molecule has 0 saturated heterocycles. The number of hydrogen-bond donors (Lipinski definition) is 1. The fourth-order valence-electron chi connectivity index (χ4n) is 3.13. The van der Waals surface area contributed by atoms with Crippen molar-refractivity contribution in [3.63, 3.8) is 0 Å². The number of nitrogens with one attached hydrogen (secondary N) is 1. The van der Waals surface area contributed by atoms with E-state index in [0.29, 0.717) is 0 Å². The SMILES string of the molecule is CCCNC1CCC(C(C)CCOC)C1C. The van der Waals surface area contributed by atoms with Crippen LogP contribution in [0, 0.1) is 17.8 Å². The second-order valence-electron chi connectivity index (χ2n) is 5.42. The molecule has 1 rings (SSSR count). The van der Waals surface area contributed by atoms with Gasteiger partial charge in [0.15, 0.2) is 0 Å². The van der Waals surface area contributed by atoms with Crippen molar-refractivity contribution in [2.45, 2.75) is 52.5 Å². The van der Waals surface area contributed by atoms with Crippen LogP contribution >= 0.6 is 0 Å². The molecule has 2 nitrogen and oxygen atoms in total. The van der Waals surface area contributed by atoms with Crippen LogP contribution in [0.5, 0.6) is 0 Å². The Labute approximate surface area is 101 Å². The molecule has 2 heteroatoms. The van der Waals surface area contributed by atoms with Crippen LogP contribution in [0.25, 0.3) is 0 Å². The van der Waals surface area contributed by atoms with Crippen molar-refractivity contribution < 1.29 is 4.74 Å². The van der Waals surface area contributed by atoms with Crippen molar-refractivity contribution in [2.75, 3.05) is 20.3 Å². The normalized spacial score (nSPS) is 31.9. The molecule has 0 amide bonds. The lowest BCUT2D eigenvalue weighted by atomic mass is 9.83. The van der Waals surface area contributed by atoms with Crippen molar-refractivity contribution in [1.82, 2.24) is 5.32 Å². The maximum Gasteiger partial charge on any atom is 0.0464 e. The topological polar surface area (TPSA) is 21.3 Å². The molecule has 1 N–H and O–H groups in total. The van der Waals surface area contributed by atoms with Crippen LogP contribution in [0.1, 0.15) is 46.5 Å². The molecule has 0 radical (unpaired) electrons. The zero-order valence-corrected chi connectivity index (χ0v) is 11.5. The van der Waals surface area contributed by atoms with Gasteiger partial charge in [0.25, 0.3) is 0 Å². The summed E-state index contributed by atoms with van der Waals surface area (Å²) in [6, 6.07) is 0.759. The minimum absolute atomic E-state index is 0.759. The van der Waals surface area contributed by atoms with Crippen LogP contribution in [0.2, 0.25) is 0 Å². The first-order chi connectivity index (χ1) is 7.70. The summed E-state index contributed by atoms with van der Waals surface area (Å²) in [5, 5.41) is 3.69. The first-order valence-corrected chi connectivity index (χ1v) is 6.93. The number of ether oxygens (including phenoxy) is 1. The van der Waals surface area contributed by atoms with Gasteiger partial charge in [-0.3, -0.25) is 0 Å². The van der Waals surface area contributed by atoms with Gasteiger partial charge in [-0.1, -0.05) is 20.8 Å². The summed E-state index contributed by atoms with van der Waals surface area (Å²) in [7, 11) is 1.80. The Morgan fingerprint density at radius 1 is 1.38 bits per heavy atom. The van der Waals surface area contributed by atoms with Crippen molar-refractivity contribution in [3.05, 3.63) is 0 Å². The van der Waals surface area contributed by atoms with Gasteiger partial charge in [0.2, 0.25) is 0 Å². The number of hydrogen-bond acceptors (Lipinski definition) is 2. The Morgan fingerprint density at radius 3 is 2.75 bits per heavy atom. The molecule has 1 saturated carbocycles. The fraction of sp³-hybridized carbons (Fsp3) is 1.00. The molecule has 1 aliphatic carbocycles. The molecular weight excluding hydrogens is 198 g/mol. The van der Waals surface area contributed by atoms with Gasteiger partial charge >= 0.3 is 0 Å². The third-order valence-corrected chi connectivity index (χ3v) is 4.29. The second kappa shape index (κ2) is 7.29. The van der Waals surface area contributed by atoms with Crippen LogP contribution in [0.15, 0.2) is 0 Å². The average molecular weight is 227 g/mol. The first-order valence-electron chi connectivity index (χ1n) is 6.93. The molecule has 0 aromatic rings. The predicted octanol–water partition coefficient (Wildman–Crippen LogP) is 3.07. The molecule has 1 aliphatic rings. The van der Waals surface area contributed by atoms with Gasteiger partial charge in [0.05, 0.1) is 0 Å². The van der Waals surface area contributed by atoms with E-state index >= 15 is 0 Å². The zero-order valence-electron chi connectivity index (χ0n) is 11.5. The molecule has 0 aromatic heterocycles. The van der Waals surface area contributed by atoms with E-state index < -0.39 is 0 Å². The molecule has 1 fully saturated rings. The van der Waals surface area contributed by atoms with Gasteiger partial charge in [0.1, 0.15) is 0 Å². The smallest absolute Gasteiger partial charge is 0.0464 e. The minimum Gasteiger partial charge on any atom is -0.385 e. The molecule has 0 bridgehead atoms. The summed E-state index contributed by atoms with van der Waals surface area (Å²) in [5.74, 6) is 2.53. The Bertz CT molecular complexity index is 184. The number of methoxy groups -OCH3 is 1. The molecule has 4 atom stereocenters. The summed E-state index contributed by atoms with van der Waals surface area (Å²) in [6.45, 7) is 9.15. The molecule has 16 heavy (non-hydrogen) atoms. The van der Waals surface area contributed by atoms with E-state index in [4.69, 9.17) is 4.74 Å². The van der Waals surface area contributed by atoms with Crippen LogP contribution in [0.3, 0.4) is 0 Å². The lowest BCUT2D eigenvalue weighted by Crippen LogP contribution is -2.34. The molecule has 0 heterocycles. The molecule has 4 unspecified atom stereocenters. The summed E-state index contributed by atoms with van der Waals surface area (Å²) in [4.78, 5) is 0. The maximum absolute atomic E-state index is 5.18. The third-order valence-electron chi connectivity index (χ3n) is 4.29. The highest BCUT2D eigenvalue weighted by Crippen LogP contribution is 2.38. The zero-order chi connectivity index (χ0) is 12.0. The lowest BCUT2D eigenvalue weighted by Gasteiger charge is -2.26. The van der Waals surface area contributed by atoms with E-state index in [9.17, 15) is 0 Å². The molecule has 0 aromatic carbocycles. The van der Waals surface area contributed by atoms with Gasteiger partial charge in [-0.15, -0.1) is 0 Å². The standard InChI is InChI=1S/C14H29NO/c1-5-9-15-14-7-6-13(12(14)3)11(2)8-10-16-4/h11-15H,5-10H2,1-4H3. The van der Waals surface area contributed by atoms with Crippen LogP contribution in [0.4, 0.5) is 0 Å². The van der Waals surface area contributed by atoms with Crippen molar-refractivity contribution in [3.8, 4) is 0 Å². The van der Waals surface area contributed by atoms with Crippen molar-refractivity contribution >= 4 is 0 Å². The maximum atomic E-state index is 5.18. The van der Waals surface area contributed by atoms with E-state index in [1.165, 1.54) is 32.2 Å². The summed E-state index contributed by atoms with van der Waals surface area (Å²) in [6.07, 6.45) is 5.22. The van der Waals surface area contributed by atoms with Gasteiger partial charge in [0, 0.05) is 19.8 Å². The Balaban J connectivity index is 2.34. The summed E-state index contributed by atoms with van der Waals surface area (Å²) >= 11 is 0. The first kappa shape index (κ1) is 14.0. The highest BCUT2D eigenvalue weighted by atomic mass is 16.5. The summed E-state index contributed by atoms with van der Waals surface area (Å²) in [5.41, 5.74) is 0. The molecule has 0 spiro atoms. The van der Waals surface area contributed by atoms with Gasteiger partial charge in [-0.2, -0.15) is 0 Å². The third kappa shape index (κ3) is 3.74. The van der Waals surface area contributed by atoms with Gasteiger partial charge < -0.3 is 10.1 Å². The van der Waals surface area contributed by atoms with Crippen molar-refractivity contribution in [1.29, 1.82) is 0 Å². The van der Waals surface area contributed by atoms with Crippen LogP contribution in [-0.2, 0) is 4.74 Å². The minimum atomic E-state index is 0.759. The quantitative estimate of drug-likeness (QED) is 0.721. The lowest BCUT2D eigenvalue weighted by molar-refractivity contribution is 0.154. The van der Waals surface area contributed by atoms with E-state index in [0.717, 1.165) is 30.4 Å². The van der Waals surface area contributed by atoms with E-state index in [-0.39, 0.29) is 0 Å². The molecular formula is C14H29NO. The summed E-state index contributed by atoms with van der Waals surface area (Å²) < 4.78 is 5.18. The largest absolute Gasteiger partial charge is 0.385 e. The Kier molecular flexibility index (Phi) is 6.37. The highest BCUT2D eigenvalue weighted by Gasteiger charge is 2.34. The van der Waals surface area contributed by atoms with Crippen molar-refractivity contribution in [2.24, 2.45) is 17.8 Å². The monoisotopic (exact) mass is 227 g/mol. The van der Waals surface area contributed by atoms with E-state index in [2.05, 4.69) is 26.1 Å². The van der Waals surface area contributed by atoms with E-state index in [1.807, 2.05) is 0 Å². The van der Waals surface area contributed by atoms with Gasteiger partial charge in [-0.05, 0) is 50.0 Å². The Hall–Kier alpha value is -0.0800. The predicted molar refractivity (Wildman–Crippen MR) is 69.6 cm³/mol. The molecule has 0 aliphatic heterocycles.